The molecule has 0 aliphatic carbocycles. The second-order valence-corrected chi connectivity index (χ2v) is 7.24. The molecular weight excluding hydrogens is 312 g/mol. The molecule has 1 aromatic heterocycles. The molecule has 2 heterocycles. The molecule has 1 aliphatic rings. The van der Waals surface area contributed by atoms with Gasteiger partial charge in [0.15, 0.2) is 5.13 Å². The normalized spacial score (nSPS) is 19.9. The standard InChI is InChI=1S/C16H28N4O2S/c1-5-14-10-19(6-7-20(14)8-9-22-4)11-15(21)18-16-17-12(2)13(3)23-16/h14H,5-11H2,1-4H3,(H,17,18,21)/t14-/m1/s1. The van der Waals surface area contributed by atoms with E-state index >= 15 is 0 Å². The Hall–Kier alpha value is -1.02. The number of methoxy groups -OCH3 is 1. The summed E-state index contributed by atoms with van der Waals surface area (Å²) in [5.74, 6) is 0.0268. The Kier molecular flexibility index (Phi) is 6.95. The summed E-state index contributed by atoms with van der Waals surface area (Å²) in [6.07, 6.45) is 1.09. The molecular formula is C16H28N4O2S. The first-order chi connectivity index (χ1) is 11.0. The first-order valence-electron chi connectivity index (χ1n) is 8.22. The molecule has 0 unspecified atom stereocenters. The monoisotopic (exact) mass is 340 g/mol. The molecule has 23 heavy (non-hydrogen) atoms. The van der Waals surface area contributed by atoms with Gasteiger partial charge in [-0.15, -0.1) is 11.3 Å². The lowest BCUT2D eigenvalue weighted by Gasteiger charge is -2.40. The minimum atomic E-state index is 0.0268. The van der Waals surface area contributed by atoms with Crippen molar-refractivity contribution in [2.24, 2.45) is 0 Å². The number of nitrogens with zero attached hydrogens (tertiary/aromatic N) is 3. The van der Waals surface area contributed by atoms with Gasteiger partial charge in [0.2, 0.25) is 5.91 Å². The van der Waals surface area contributed by atoms with E-state index in [0.29, 0.717) is 17.7 Å². The Morgan fingerprint density at radius 2 is 2.22 bits per heavy atom. The van der Waals surface area contributed by atoms with Gasteiger partial charge in [-0.3, -0.25) is 14.6 Å². The highest BCUT2D eigenvalue weighted by molar-refractivity contribution is 7.15. The van der Waals surface area contributed by atoms with E-state index in [1.807, 2.05) is 13.8 Å². The van der Waals surface area contributed by atoms with E-state index in [4.69, 9.17) is 4.74 Å². The average Bonchev–Trinajstić information content (AvgIpc) is 2.83. The maximum absolute atomic E-state index is 12.2. The summed E-state index contributed by atoms with van der Waals surface area (Å²) in [7, 11) is 1.74. The van der Waals surface area contributed by atoms with Crippen molar-refractivity contribution in [2.75, 3.05) is 51.8 Å². The van der Waals surface area contributed by atoms with Crippen LogP contribution in [0.2, 0.25) is 0 Å². The fraction of sp³-hybridized carbons (Fsp3) is 0.750. The van der Waals surface area contributed by atoms with E-state index in [1.165, 1.54) is 11.3 Å². The molecule has 1 saturated heterocycles. The highest BCUT2D eigenvalue weighted by Gasteiger charge is 2.26. The van der Waals surface area contributed by atoms with Crippen LogP contribution in [0.3, 0.4) is 0 Å². The zero-order valence-corrected chi connectivity index (χ0v) is 15.4. The van der Waals surface area contributed by atoms with Crippen LogP contribution in [0.15, 0.2) is 0 Å². The fourth-order valence-electron chi connectivity index (χ4n) is 2.88. The Morgan fingerprint density at radius 1 is 1.43 bits per heavy atom. The van der Waals surface area contributed by atoms with Crippen LogP contribution in [-0.4, -0.2) is 73.2 Å². The second kappa shape index (κ2) is 8.73. The van der Waals surface area contributed by atoms with Crippen molar-refractivity contribution in [3.63, 3.8) is 0 Å². The lowest BCUT2D eigenvalue weighted by atomic mass is 10.1. The van der Waals surface area contributed by atoms with Crippen LogP contribution in [0.5, 0.6) is 0 Å². The molecule has 2 rings (SSSR count). The van der Waals surface area contributed by atoms with Crippen molar-refractivity contribution in [3.8, 4) is 0 Å². The minimum Gasteiger partial charge on any atom is -0.383 e. The van der Waals surface area contributed by atoms with Crippen LogP contribution >= 0.6 is 11.3 Å². The highest BCUT2D eigenvalue weighted by Crippen LogP contribution is 2.21. The van der Waals surface area contributed by atoms with Crippen LogP contribution in [0.1, 0.15) is 23.9 Å². The summed E-state index contributed by atoms with van der Waals surface area (Å²) in [4.78, 5) is 22.4. The third-order valence-electron chi connectivity index (χ3n) is 4.38. The molecule has 0 aromatic carbocycles. The number of aromatic nitrogens is 1. The van der Waals surface area contributed by atoms with Crippen LogP contribution < -0.4 is 5.32 Å². The predicted octanol–water partition coefficient (Wildman–Crippen LogP) is 1.74. The maximum Gasteiger partial charge on any atom is 0.240 e. The van der Waals surface area contributed by atoms with E-state index in [-0.39, 0.29) is 5.91 Å². The highest BCUT2D eigenvalue weighted by atomic mass is 32.1. The van der Waals surface area contributed by atoms with Crippen LogP contribution in [0.25, 0.3) is 0 Å². The van der Waals surface area contributed by atoms with Crippen molar-refractivity contribution >= 4 is 22.4 Å². The molecule has 1 aliphatic heterocycles. The zero-order valence-electron chi connectivity index (χ0n) is 14.6. The van der Waals surface area contributed by atoms with E-state index in [9.17, 15) is 4.79 Å². The second-order valence-electron chi connectivity index (χ2n) is 6.03. The Labute approximate surface area is 142 Å². The molecule has 1 fully saturated rings. The van der Waals surface area contributed by atoms with E-state index < -0.39 is 0 Å². The number of anilines is 1. The first-order valence-corrected chi connectivity index (χ1v) is 9.04. The van der Waals surface area contributed by atoms with Crippen molar-refractivity contribution < 1.29 is 9.53 Å². The number of hydrogen-bond acceptors (Lipinski definition) is 6. The SMILES string of the molecule is CC[C@@H]1CN(CC(=O)Nc2nc(C)c(C)s2)CCN1CCOC. The zero-order chi connectivity index (χ0) is 16.8. The van der Waals surface area contributed by atoms with Gasteiger partial charge in [-0.1, -0.05) is 6.92 Å². The Bertz CT molecular complexity index is 501. The van der Waals surface area contributed by atoms with Gasteiger partial charge in [-0.25, -0.2) is 4.98 Å². The summed E-state index contributed by atoms with van der Waals surface area (Å²) in [6, 6.07) is 0.496. The van der Waals surface area contributed by atoms with Gasteiger partial charge in [0.05, 0.1) is 18.8 Å². The van der Waals surface area contributed by atoms with Gasteiger partial charge in [-0.05, 0) is 20.3 Å². The molecule has 7 heteroatoms. The number of ether oxygens (including phenoxy) is 1. The van der Waals surface area contributed by atoms with E-state index in [1.54, 1.807) is 7.11 Å². The summed E-state index contributed by atoms with van der Waals surface area (Å²) in [5.41, 5.74) is 0.989. The molecule has 130 valence electrons. The first kappa shape index (κ1) is 18.3. The largest absolute Gasteiger partial charge is 0.383 e. The number of rotatable bonds is 7. The third-order valence-corrected chi connectivity index (χ3v) is 5.37. The predicted molar refractivity (Wildman–Crippen MR) is 94.2 cm³/mol. The summed E-state index contributed by atoms with van der Waals surface area (Å²) in [5, 5.41) is 3.63. The number of carbonyl (C=O) groups is 1. The maximum atomic E-state index is 12.2. The quantitative estimate of drug-likeness (QED) is 0.819. The van der Waals surface area contributed by atoms with Gasteiger partial charge in [-0.2, -0.15) is 0 Å². The lowest BCUT2D eigenvalue weighted by molar-refractivity contribution is -0.118. The van der Waals surface area contributed by atoms with Crippen molar-refractivity contribution in [1.29, 1.82) is 0 Å². The number of carbonyl (C=O) groups excluding carboxylic acids is 1. The van der Waals surface area contributed by atoms with Gasteiger partial charge in [0.1, 0.15) is 0 Å². The molecule has 0 radical (unpaired) electrons. The van der Waals surface area contributed by atoms with Crippen LogP contribution in [-0.2, 0) is 9.53 Å². The number of hydrogen-bond donors (Lipinski definition) is 1. The average molecular weight is 340 g/mol. The van der Waals surface area contributed by atoms with Gasteiger partial charge >= 0.3 is 0 Å². The molecule has 1 aromatic rings. The number of amides is 1. The molecule has 1 N–H and O–H groups in total. The Morgan fingerprint density at radius 3 is 2.83 bits per heavy atom. The molecule has 0 spiro atoms. The Balaban J connectivity index is 1.82. The summed E-state index contributed by atoms with van der Waals surface area (Å²) >= 11 is 1.54. The van der Waals surface area contributed by atoms with Crippen LogP contribution in [0, 0.1) is 13.8 Å². The number of piperazine rings is 1. The lowest BCUT2D eigenvalue weighted by Crippen LogP contribution is -2.54. The van der Waals surface area contributed by atoms with Gasteiger partial charge in [0, 0.05) is 44.2 Å². The molecule has 1 amide bonds. The molecule has 0 bridgehead atoms. The minimum absolute atomic E-state index is 0.0268. The fourth-order valence-corrected chi connectivity index (χ4v) is 3.71. The molecule has 0 saturated carbocycles. The van der Waals surface area contributed by atoms with E-state index in [0.717, 1.165) is 49.8 Å². The van der Waals surface area contributed by atoms with E-state index in [2.05, 4.69) is 27.0 Å². The van der Waals surface area contributed by atoms with Crippen molar-refractivity contribution in [2.45, 2.75) is 33.2 Å². The van der Waals surface area contributed by atoms with Gasteiger partial charge < -0.3 is 10.1 Å². The summed E-state index contributed by atoms with van der Waals surface area (Å²) < 4.78 is 5.18. The summed E-state index contributed by atoms with van der Waals surface area (Å²) in [6.45, 7) is 11.2. The number of aryl methyl sites for hydroxylation is 2. The molecule has 1 atom stereocenters. The van der Waals surface area contributed by atoms with Crippen molar-refractivity contribution in [1.82, 2.24) is 14.8 Å². The topological polar surface area (TPSA) is 57.7 Å². The number of thiazole rings is 1. The van der Waals surface area contributed by atoms with Crippen LogP contribution in [0.4, 0.5) is 5.13 Å². The molecule has 6 nitrogen and oxygen atoms in total. The third kappa shape index (κ3) is 5.24. The number of nitrogens with one attached hydrogen (secondary N) is 1. The van der Waals surface area contributed by atoms with Crippen molar-refractivity contribution in [3.05, 3.63) is 10.6 Å². The smallest absolute Gasteiger partial charge is 0.240 e. The van der Waals surface area contributed by atoms with Gasteiger partial charge in [0.25, 0.3) is 0 Å².